The minimum Gasteiger partial charge on any atom is -0.380 e. The molecule has 94 valence electrons. The van der Waals surface area contributed by atoms with Gasteiger partial charge >= 0.3 is 0 Å². The molecule has 1 aromatic rings. The average molecular weight is 255 g/mol. The van der Waals surface area contributed by atoms with Crippen molar-refractivity contribution in [2.24, 2.45) is 5.73 Å². The molecule has 0 spiro atoms. The molecule has 2 N–H and O–H groups in total. The van der Waals surface area contributed by atoms with E-state index < -0.39 is 0 Å². The molecule has 3 nitrogen and oxygen atoms in total. The topological polar surface area (TPSA) is 38.5 Å². The standard InChI is InChI=1S/C13H19ClN2O/c14-12-2-3-13(11(10-12)4-5-15)16-6-1-8-17-9-7-16/h2-3,10H,1,4-9,15H2. The van der Waals surface area contributed by atoms with Crippen molar-refractivity contribution in [3.8, 4) is 0 Å². The number of anilines is 1. The van der Waals surface area contributed by atoms with Gasteiger partial charge in [-0.05, 0) is 43.1 Å². The van der Waals surface area contributed by atoms with Crippen molar-refractivity contribution < 1.29 is 4.74 Å². The lowest BCUT2D eigenvalue weighted by Gasteiger charge is -2.25. The molecule has 0 saturated carbocycles. The summed E-state index contributed by atoms with van der Waals surface area (Å²) in [5.74, 6) is 0. The molecule has 2 rings (SSSR count). The number of nitrogens with zero attached hydrogens (tertiary/aromatic N) is 1. The molecule has 0 unspecified atom stereocenters. The maximum absolute atomic E-state index is 6.04. The lowest BCUT2D eigenvalue weighted by Crippen LogP contribution is -2.27. The summed E-state index contributed by atoms with van der Waals surface area (Å²) in [5, 5.41) is 0.781. The van der Waals surface area contributed by atoms with Gasteiger partial charge in [-0.3, -0.25) is 0 Å². The summed E-state index contributed by atoms with van der Waals surface area (Å²) in [4.78, 5) is 2.37. The van der Waals surface area contributed by atoms with Gasteiger partial charge < -0.3 is 15.4 Å². The first-order chi connectivity index (χ1) is 8.31. The Morgan fingerprint density at radius 3 is 3.00 bits per heavy atom. The van der Waals surface area contributed by atoms with Crippen molar-refractivity contribution in [2.75, 3.05) is 37.7 Å². The molecule has 0 radical (unpaired) electrons. The predicted molar refractivity (Wildman–Crippen MR) is 71.9 cm³/mol. The quantitative estimate of drug-likeness (QED) is 0.898. The molecular formula is C13H19ClN2O. The van der Waals surface area contributed by atoms with Gasteiger partial charge in [-0.25, -0.2) is 0 Å². The van der Waals surface area contributed by atoms with Crippen molar-refractivity contribution in [2.45, 2.75) is 12.8 Å². The fourth-order valence-corrected chi connectivity index (χ4v) is 2.40. The van der Waals surface area contributed by atoms with Crippen molar-refractivity contribution in [1.29, 1.82) is 0 Å². The molecule has 0 bridgehead atoms. The summed E-state index contributed by atoms with van der Waals surface area (Å²) in [7, 11) is 0. The van der Waals surface area contributed by atoms with Crippen LogP contribution >= 0.6 is 11.6 Å². The summed E-state index contributed by atoms with van der Waals surface area (Å²) in [6.07, 6.45) is 1.94. The summed E-state index contributed by atoms with van der Waals surface area (Å²) in [6.45, 7) is 4.29. The number of hydrogen-bond donors (Lipinski definition) is 1. The third kappa shape index (κ3) is 3.35. The van der Waals surface area contributed by atoms with Gasteiger partial charge in [0, 0.05) is 30.4 Å². The third-order valence-electron chi connectivity index (χ3n) is 3.02. The molecule has 1 heterocycles. The first-order valence-electron chi connectivity index (χ1n) is 6.12. The van der Waals surface area contributed by atoms with Crippen LogP contribution in [0.3, 0.4) is 0 Å². The Bertz CT molecular complexity index is 362. The molecule has 1 aliphatic heterocycles. The Morgan fingerprint density at radius 1 is 1.29 bits per heavy atom. The van der Waals surface area contributed by atoms with Crippen LogP contribution in [0.1, 0.15) is 12.0 Å². The second-order valence-corrected chi connectivity index (χ2v) is 4.70. The Labute approximate surface area is 107 Å². The van der Waals surface area contributed by atoms with E-state index in [1.54, 1.807) is 0 Å². The van der Waals surface area contributed by atoms with Crippen LogP contribution in [-0.4, -0.2) is 32.8 Å². The molecule has 1 saturated heterocycles. The molecular weight excluding hydrogens is 236 g/mol. The van der Waals surface area contributed by atoms with E-state index in [-0.39, 0.29) is 0 Å². The van der Waals surface area contributed by atoms with Gasteiger partial charge in [0.1, 0.15) is 0 Å². The molecule has 0 aliphatic carbocycles. The molecule has 4 heteroatoms. The minimum absolute atomic E-state index is 0.650. The van der Waals surface area contributed by atoms with E-state index in [0.717, 1.165) is 44.2 Å². The second-order valence-electron chi connectivity index (χ2n) is 4.26. The summed E-state index contributed by atoms with van der Waals surface area (Å²) < 4.78 is 5.48. The molecule has 1 aromatic carbocycles. The molecule has 0 aromatic heterocycles. The van der Waals surface area contributed by atoms with Crippen LogP contribution in [0, 0.1) is 0 Å². The van der Waals surface area contributed by atoms with Crippen LogP contribution in [0.2, 0.25) is 5.02 Å². The lowest BCUT2D eigenvalue weighted by atomic mass is 10.1. The lowest BCUT2D eigenvalue weighted by molar-refractivity contribution is 0.152. The summed E-state index contributed by atoms with van der Waals surface area (Å²) in [5.41, 5.74) is 8.15. The van der Waals surface area contributed by atoms with Crippen LogP contribution in [0.15, 0.2) is 18.2 Å². The maximum Gasteiger partial charge on any atom is 0.0641 e. The molecule has 1 aliphatic rings. The van der Waals surface area contributed by atoms with E-state index in [0.29, 0.717) is 6.54 Å². The van der Waals surface area contributed by atoms with Crippen molar-refractivity contribution in [3.05, 3.63) is 28.8 Å². The van der Waals surface area contributed by atoms with Crippen molar-refractivity contribution in [3.63, 3.8) is 0 Å². The van der Waals surface area contributed by atoms with Crippen molar-refractivity contribution in [1.82, 2.24) is 0 Å². The van der Waals surface area contributed by atoms with Gasteiger partial charge in [0.25, 0.3) is 0 Å². The Hall–Kier alpha value is -0.770. The Kier molecular flexibility index (Phi) is 4.66. The third-order valence-corrected chi connectivity index (χ3v) is 3.25. The first kappa shape index (κ1) is 12.7. The monoisotopic (exact) mass is 254 g/mol. The van der Waals surface area contributed by atoms with Gasteiger partial charge in [-0.2, -0.15) is 0 Å². The van der Waals surface area contributed by atoms with E-state index in [4.69, 9.17) is 22.1 Å². The van der Waals surface area contributed by atoms with Gasteiger partial charge in [-0.1, -0.05) is 11.6 Å². The second kappa shape index (κ2) is 6.24. The highest BCUT2D eigenvalue weighted by atomic mass is 35.5. The Morgan fingerprint density at radius 2 is 2.18 bits per heavy atom. The molecule has 1 fully saturated rings. The SMILES string of the molecule is NCCc1cc(Cl)ccc1N1CCCOCC1. The smallest absolute Gasteiger partial charge is 0.0641 e. The fourth-order valence-electron chi connectivity index (χ4n) is 2.21. The average Bonchev–Trinajstić information content (AvgIpc) is 2.58. The number of rotatable bonds is 3. The number of hydrogen-bond acceptors (Lipinski definition) is 3. The van der Waals surface area contributed by atoms with Crippen LogP contribution in [0.25, 0.3) is 0 Å². The number of nitrogens with two attached hydrogens (primary N) is 1. The van der Waals surface area contributed by atoms with Crippen LogP contribution in [-0.2, 0) is 11.2 Å². The summed E-state index contributed by atoms with van der Waals surface area (Å²) in [6, 6.07) is 6.07. The van der Waals surface area contributed by atoms with E-state index in [2.05, 4.69) is 11.0 Å². The van der Waals surface area contributed by atoms with E-state index in [1.165, 1.54) is 11.3 Å². The highest BCUT2D eigenvalue weighted by Crippen LogP contribution is 2.25. The Balaban J connectivity index is 2.22. The minimum atomic E-state index is 0.650. The number of halogens is 1. The van der Waals surface area contributed by atoms with Gasteiger partial charge in [0.2, 0.25) is 0 Å². The van der Waals surface area contributed by atoms with Crippen LogP contribution in [0.5, 0.6) is 0 Å². The van der Waals surface area contributed by atoms with Crippen LogP contribution in [0.4, 0.5) is 5.69 Å². The molecule has 0 amide bonds. The number of benzene rings is 1. The maximum atomic E-state index is 6.04. The van der Waals surface area contributed by atoms with E-state index in [1.807, 2.05) is 12.1 Å². The summed E-state index contributed by atoms with van der Waals surface area (Å²) >= 11 is 6.04. The van der Waals surface area contributed by atoms with E-state index in [9.17, 15) is 0 Å². The highest BCUT2D eigenvalue weighted by Gasteiger charge is 2.13. The van der Waals surface area contributed by atoms with Gasteiger partial charge in [-0.15, -0.1) is 0 Å². The predicted octanol–water partition coefficient (Wildman–Crippen LogP) is 2.07. The molecule has 17 heavy (non-hydrogen) atoms. The largest absolute Gasteiger partial charge is 0.380 e. The van der Waals surface area contributed by atoms with Crippen LogP contribution < -0.4 is 10.6 Å². The zero-order valence-corrected chi connectivity index (χ0v) is 10.7. The van der Waals surface area contributed by atoms with Gasteiger partial charge in [0.05, 0.1) is 6.61 Å². The van der Waals surface area contributed by atoms with Crippen molar-refractivity contribution >= 4 is 17.3 Å². The normalized spacial score (nSPS) is 16.9. The zero-order chi connectivity index (χ0) is 12.1. The van der Waals surface area contributed by atoms with E-state index >= 15 is 0 Å². The molecule has 0 atom stereocenters. The zero-order valence-electron chi connectivity index (χ0n) is 9.99. The number of ether oxygens (including phenoxy) is 1. The fraction of sp³-hybridized carbons (Fsp3) is 0.538. The highest BCUT2D eigenvalue weighted by molar-refractivity contribution is 6.30. The first-order valence-corrected chi connectivity index (χ1v) is 6.50. The van der Waals surface area contributed by atoms with Gasteiger partial charge in [0.15, 0.2) is 0 Å².